The van der Waals surface area contributed by atoms with Crippen molar-refractivity contribution in [2.75, 3.05) is 26.8 Å². The molecular formula is C22H26FN5O3. The number of carbonyl (C=O) groups is 1. The van der Waals surface area contributed by atoms with Gasteiger partial charge in [-0.2, -0.15) is 10.1 Å². The fourth-order valence-electron chi connectivity index (χ4n) is 4.22. The minimum atomic E-state index is -0.487. The Kier molecular flexibility index (Phi) is 5.86. The second kappa shape index (κ2) is 8.58. The molecule has 1 atom stereocenters. The summed E-state index contributed by atoms with van der Waals surface area (Å²) in [5.74, 6) is 0.485. The lowest BCUT2D eigenvalue weighted by atomic mass is 9.76. The molecule has 0 spiro atoms. The van der Waals surface area contributed by atoms with Gasteiger partial charge >= 0.3 is 0 Å². The van der Waals surface area contributed by atoms with Gasteiger partial charge in [-0.3, -0.25) is 9.48 Å². The molecule has 1 aromatic carbocycles. The molecule has 1 saturated heterocycles. The topological polar surface area (TPSA) is 86.3 Å². The van der Waals surface area contributed by atoms with E-state index in [1.54, 1.807) is 37.0 Å². The number of amides is 1. The van der Waals surface area contributed by atoms with E-state index < -0.39 is 5.41 Å². The summed E-state index contributed by atoms with van der Waals surface area (Å²) in [5.41, 5.74) is 1.52. The highest BCUT2D eigenvalue weighted by Gasteiger charge is 2.42. The molecule has 1 amide bonds. The third kappa shape index (κ3) is 4.23. The molecule has 0 saturated carbocycles. The number of rotatable bonds is 6. The van der Waals surface area contributed by atoms with Gasteiger partial charge in [0.2, 0.25) is 0 Å². The number of ether oxygens (including phenoxy) is 1. The molecule has 4 rings (SSSR count). The van der Waals surface area contributed by atoms with Crippen molar-refractivity contribution in [1.29, 1.82) is 0 Å². The maximum atomic E-state index is 13.3. The van der Waals surface area contributed by atoms with Crippen LogP contribution in [0.2, 0.25) is 0 Å². The summed E-state index contributed by atoms with van der Waals surface area (Å²) >= 11 is 0. The van der Waals surface area contributed by atoms with Gasteiger partial charge in [-0.1, -0.05) is 5.16 Å². The van der Waals surface area contributed by atoms with E-state index in [0.29, 0.717) is 49.1 Å². The number of methoxy groups -OCH3 is 1. The third-order valence-electron chi connectivity index (χ3n) is 5.86. The minimum Gasteiger partial charge on any atom is -0.385 e. The third-order valence-corrected chi connectivity index (χ3v) is 5.86. The van der Waals surface area contributed by atoms with Crippen molar-refractivity contribution in [2.24, 2.45) is 7.05 Å². The van der Waals surface area contributed by atoms with E-state index in [-0.39, 0.29) is 11.7 Å². The maximum Gasteiger partial charge on any atom is 0.272 e. The molecule has 0 aliphatic carbocycles. The number of piperidine rings is 1. The number of hydrogen-bond acceptors (Lipinski definition) is 6. The molecule has 164 valence electrons. The molecular weight excluding hydrogens is 401 g/mol. The summed E-state index contributed by atoms with van der Waals surface area (Å²) in [4.78, 5) is 19.7. The lowest BCUT2D eigenvalue weighted by Crippen LogP contribution is -2.50. The van der Waals surface area contributed by atoms with Gasteiger partial charge in [0, 0.05) is 39.4 Å². The zero-order valence-electron chi connectivity index (χ0n) is 18.0. The van der Waals surface area contributed by atoms with Crippen LogP contribution >= 0.6 is 0 Å². The molecule has 3 aromatic rings. The van der Waals surface area contributed by atoms with Crippen molar-refractivity contribution < 1.29 is 18.4 Å². The Morgan fingerprint density at radius 2 is 2.10 bits per heavy atom. The van der Waals surface area contributed by atoms with Crippen LogP contribution in [0.15, 0.2) is 34.9 Å². The van der Waals surface area contributed by atoms with E-state index in [4.69, 9.17) is 9.26 Å². The van der Waals surface area contributed by atoms with Crippen molar-refractivity contribution in [2.45, 2.75) is 31.6 Å². The first-order valence-corrected chi connectivity index (χ1v) is 10.3. The molecule has 2 aromatic heterocycles. The Morgan fingerprint density at radius 3 is 2.77 bits per heavy atom. The van der Waals surface area contributed by atoms with E-state index in [9.17, 15) is 9.18 Å². The first kappa shape index (κ1) is 21.2. The molecule has 0 bridgehead atoms. The Labute approximate surface area is 180 Å². The Bertz CT molecular complexity index is 1060. The van der Waals surface area contributed by atoms with Crippen LogP contribution in [0.5, 0.6) is 0 Å². The summed E-state index contributed by atoms with van der Waals surface area (Å²) in [6.07, 6.45) is 2.28. The van der Waals surface area contributed by atoms with Crippen LogP contribution in [0, 0.1) is 12.7 Å². The van der Waals surface area contributed by atoms with Gasteiger partial charge in [0.05, 0.1) is 11.1 Å². The van der Waals surface area contributed by atoms with Crippen LogP contribution in [0.1, 0.15) is 41.3 Å². The van der Waals surface area contributed by atoms with Crippen LogP contribution < -0.4 is 0 Å². The highest BCUT2D eigenvalue weighted by atomic mass is 19.1. The Hall–Kier alpha value is -3.07. The van der Waals surface area contributed by atoms with E-state index in [1.807, 2.05) is 11.8 Å². The highest BCUT2D eigenvalue weighted by molar-refractivity contribution is 5.92. The molecule has 31 heavy (non-hydrogen) atoms. The lowest BCUT2D eigenvalue weighted by molar-refractivity contribution is 0.0557. The number of aromatic nitrogens is 4. The van der Waals surface area contributed by atoms with E-state index >= 15 is 0 Å². The molecule has 9 heteroatoms. The predicted octanol–water partition coefficient (Wildman–Crippen LogP) is 3.13. The number of halogens is 1. The number of nitrogens with zero attached hydrogens (tertiary/aromatic N) is 5. The predicted molar refractivity (Wildman–Crippen MR) is 111 cm³/mol. The van der Waals surface area contributed by atoms with Crippen molar-refractivity contribution in [3.05, 3.63) is 53.4 Å². The number of carbonyl (C=O) groups excluding carboxylic acids is 1. The lowest BCUT2D eigenvalue weighted by Gasteiger charge is -2.40. The standard InChI is InChI=1S/C22H26FN5O3/c1-15-13-18(27(2)25-15)20(29)28-11-4-9-22(14-28,10-12-30-3)21-24-19(31-26-21)16-5-7-17(23)8-6-16/h5-8,13H,4,9-12,14H2,1-3H3. The fraction of sp³-hybridized carbons (Fsp3) is 0.455. The van der Waals surface area contributed by atoms with Gasteiger partial charge in [0.1, 0.15) is 11.5 Å². The molecule has 3 heterocycles. The molecule has 8 nitrogen and oxygen atoms in total. The Balaban J connectivity index is 1.63. The van der Waals surface area contributed by atoms with Crippen molar-refractivity contribution in [3.8, 4) is 11.5 Å². The molecule has 1 unspecified atom stereocenters. The quantitative estimate of drug-likeness (QED) is 0.601. The van der Waals surface area contributed by atoms with Gasteiger partial charge in [0.15, 0.2) is 5.82 Å². The minimum absolute atomic E-state index is 0.0631. The molecule has 1 aliphatic rings. The summed E-state index contributed by atoms with van der Waals surface area (Å²) in [7, 11) is 3.43. The van der Waals surface area contributed by atoms with Crippen LogP contribution in [0.3, 0.4) is 0 Å². The zero-order valence-corrected chi connectivity index (χ0v) is 18.0. The average molecular weight is 427 g/mol. The largest absolute Gasteiger partial charge is 0.385 e. The smallest absolute Gasteiger partial charge is 0.272 e. The van der Waals surface area contributed by atoms with Gasteiger partial charge in [-0.25, -0.2) is 4.39 Å². The van der Waals surface area contributed by atoms with Crippen molar-refractivity contribution in [1.82, 2.24) is 24.8 Å². The first-order valence-electron chi connectivity index (χ1n) is 10.3. The molecule has 0 radical (unpaired) electrons. The van der Waals surface area contributed by atoms with Gasteiger partial charge in [-0.05, 0) is 56.5 Å². The number of aryl methyl sites for hydroxylation is 2. The second-order valence-electron chi connectivity index (χ2n) is 8.08. The first-order chi connectivity index (χ1) is 14.9. The number of benzene rings is 1. The summed E-state index contributed by atoms with van der Waals surface area (Å²) in [5, 5.41) is 8.56. The summed E-state index contributed by atoms with van der Waals surface area (Å²) in [6, 6.07) is 7.73. The van der Waals surface area contributed by atoms with Gasteiger partial charge < -0.3 is 14.2 Å². The molecule has 1 aliphatic heterocycles. The number of likely N-dealkylation sites (tertiary alicyclic amines) is 1. The van der Waals surface area contributed by atoms with E-state index in [2.05, 4.69) is 15.2 Å². The SMILES string of the molecule is COCCC1(c2noc(-c3ccc(F)cc3)n2)CCCN(C(=O)c2cc(C)nn2C)C1. The van der Waals surface area contributed by atoms with Crippen molar-refractivity contribution in [3.63, 3.8) is 0 Å². The monoisotopic (exact) mass is 427 g/mol. The van der Waals surface area contributed by atoms with E-state index in [1.165, 1.54) is 12.1 Å². The normalized spacial score (nSPS) is 19.0. The molecule has 0 N–H and O–H groups in total. The Morgan fingerprint density at radius 1 is 1.32 bits per heavy atom. The highest BCUT2D eigenvalue weighted by Crippen LogP contribution is 2.37. The molecule has 1 fully saturated rings. The van der Waals surface area contributed by atoms with Crippen LogP contribution in [0.4, 0.5) is 4.39 Å². The van der Waals surface area contributed by atoms with Crippen LogP contribution in [-0.4, -0.2) is 57.5 Å². The van der Waals surface area contributed by atoms with E-state index in [0.717, 1.165) is 18.5 Å². The zero-order chi connectivity index (χ0) is 22.0. The van der Waals surface area contributed by atoms with Crippen LogP contribution in [0.25, 0.3) is 11.5 Å². The fourth-order valence-corrected chi connectivity index (χ4v) is 4.22. The summed E-state index contributed by atoms with van der Waals surface area (Å²) in [6.45, 7) is 3.49. The van der Waals surface area contributed by atoms with Crippen molar-refractivity contribution >= 4 is 5.91 Å². The van der Waals surface area contributed by atoms with Gasteiger partial charge in [0.25, 0.3) is 11.8 Å². The summed E-state index contributed by atoms with van der Waals surface area (Å²) < 4.78 is 25.7. The van der Waals surface area contributed by atoms with Gasteiger partial charge in [-0.15, -0.1) is 0 Å². The maximum absolute atomic E-state index is 13.3. The van der Waals surface area contributed by atoms with Crippen LogP contribution in [-0.2, 0) is 17.2 Å². The average Bonchev–Trinajstić information content (AvgIpc) is 3.39. The number of hydrogen-bond donors (Lipinski definition) is 0. The second-order valence-corrected chi connectivity index (χ2v) is 8.08.